The van der Waals surface area contributed by atoms with Gasteiger partial charge in [0.05, 0.1) is 12.7 Å². The summed E-state index contributed by atoms with van der Waals surface area (Å²) in [6.45, 7) is 4.23. The van der Waals surface area contributed by atoms with Crippen LogP contribution in [0.15, 0.2) is 41.0 Å². The van der Waals surface area contributed by atoms with Crippen molar-refractivity contribution in [3.63, 3.8) is 0 Å². The lowest BCUT2D eigenvalue weighted by Gasteiger charge is -2.05. The maximum Gasteiger partial charge on any atom is 0.315 e. The number of furan rings is 1. The Kier molecular flexibility index (Phi) is 3.41. The summed E-state index contributed by atoms with van der Waals surface area (Å²) < 4.78 is 21.5. The zero-order valence-corrected chi connectivity index (χ0v) is 13.4. The molecule has 0 bridgehead atoms. The molecule has 1 aliphatic rings. The molecular weight excluding hydrogens is 308 g/mol. The molecule has 1 aromatic heterocycles. The third-order valence-electron chi connectivity index (χ3n) is 4.25. The van der Waals surface area contributed by atoms with Crippen molar-refractivity contribution in [2.24, 2.45) is 0 Å². The Bertz CT molecular complexity index is 938. The molecule has 0 unspecified atom stereocenters. The summed E-state index contributed by atoms with van der Waals surface area (Å²) in [5.74, 6) is 1.32. The summed E-state index contributed by atoms with van der Waals surface area (Å²) in [7, 11) is 0. The molecule has 5 nitrogen and oxygen atoms in total. The molecule has 5 heteroatoms. The quantitative estimate of drug-likeness (QED) is 0.540. The molecule has 0 aliphatic carbocycles. The van der Waals surface area contributed by atoms with Gasteiger partial charge in [0.15, 0.2) is 11.5 Å². The largest absolute Gasteiger partial charge is 0.464 e. The number of fused-ring (bicyclic) bond motifs is 2. The number of ether oxygens (including phenoxy) is 3. The maximum atomic E-state index is 12.2. The Morgan fingerprint density at radius 2 is 1.96 bits per heavy atom. The maximum absolute atomic E-state index is 12.2. The molecule has 0 saturated heterocycles. The molecule has 24 heavy (non-hydrogen) atoms. The van der Waals surface area contributed by atoms with E-state index in [1.807, 2.05) is 26.0 Å². The van der Waals surface area contributed by atoms with E-state index in [9.17, 15) is 4.79 Å². The lowest BCUT2D eigenvalue weighted by molar-refractivity contribution is -0.133. The van der Waals surface area contributed by atoms with Gasteiger partial charge in [0.25, 0.3) is 0 Å². The predicted molar refractivity (Wildman–Crippen MR) is 87.6 cm³/mol. The van der Waals surface area contributed by atoms with E-state index in [0.717, 1.165) is 27.7 Å². The van der Waals surface area contributed by atoms with Crippen LogP contribution < -0.4 is 14.2 Å². The lowest BCUT2D eigenvalue weighted by Crippen LogP contribution is -2.10. The average Bonchev–Trinajstić information content (AvgIpc) is 3.18. The van der Waals surface area contributed by atoms with Crippen molar-refractivity contribution in [2.45, 2.75) is 20.3 Å². The molecular formula is C19H16O5. The lowest BCUT2D eigenvalue weighted by atomic mass is 10.0. The molecule has 2 aromatic carbocycles. The first kappa shape index (κ1) is 14.6. The summed E-state index contributed by atoms with van der Waals surface area (Å²) in [4.78, 5) is 12.2. The fourth-order valence-corrected chi connectivity index (χ4v) is 2.79. The number of esters is 1. The van der Waals surface area contributed by atoms with Crippen molar-refractivity contribution in [3.8, 4) is 17.2 Å². The Morgan fingerprint density at radius 1 is 1.12 bits per heavy atom. The fraction of sp³-hybridized carbons (Fsp3) is 0.211. The molecule has 0 fully saturated rings. The van der Waals surface area contributed by atoms with Gasteiger partial charge in [0.2, 0.25) is 6.79 Å². The molecule has 122 valence electrons. The van der Waals surface area contributed by atoms with Crippen LogP contribution in [0.5, 0.6) is 17.2 Å². The van der Waals surface area contributed by atoms with Crippen LogP contribution in [0.25, 0.3) is 11.0 Å². The van der Waals surface area contributed by atoms with Crippen molar-refractivity contribution in [2.75, 3.05) is 6.79 Å². The highest BCUT2D eigenvalue weighted by atomic mass is 16.7. The van der Waals surface area contributed by atoms with E-state index in [1.165, 1.54) is 0 Å². The first-order chi connectivity index (χ1) is 11.6. The minimum Gasteiger partial charge on any atom is -0.464 e. The smallest absolute Gasteiger partial charge is 0.315 e. The van der Waals surface area contributed by atoms with Crippen molar-refractivity contribution in [3.05, 3.63) is 53.3 Å². The van der Waals surface area contributed by atoms with Crippen LogP contribution in [-0.2, 0) is 11.2 Å². The minimum absolute atomic E-state index is 0.143. The van der Waals surface area contributed by atoms with Gasteiger partial charge in [0.1, 0.15) is 11.3 Å². The number of carbonyl (C=O) groups is 1. The van der Waals surface area contributed by atoms with Crippen LogP contribution in [-0.4, -0.2) is 12.8 Å². The van der Waals surface area contributed by atoms with Crippen LogP contribution in [0.3, 0.4) is 0 Å². The number of hydrogen-bond acceptors (Lipinski definition) is 5. The molecule has 0 saturated carbocycles. The van der Waals surface area contributed by atoms with Crippen molar-refractivity contribution in [1.82, 2.24) is 0 Å². The molecule has 3 aromatic rings. The number of carbonyl (C=O) groups excluding carboxylic acids is 1. The Labute approximate surface area is 138 Å². The van der Waals surface area contributed by atoms with Gasteiger partial charge in [0, 0.05) is 17.0 Å². The van der Waals surface area contributed by atoms with Gasteiger partial charge in [-0.1, -0.05) is 12.1 Å². The van der Waals surface area contributed by atoms with Crippen LogP contribution in [0.4, 0.5) is 0 Å². The molecule has 0 atom stereocenters. The van der Waals surface area contributed by atoms with Crippen molar-refractivity contribution >= 4 is 16.9 Å². The molecule has 0 amide bonds. The van der Waals surface area contributed by atoms with E-state index >= 15 is 0 Å². The minimum atomic E-state index is -0.352. The number of rotatable bonds is 3. The fourth-order valence-electron chi connectivity index (χ4n) is 2.79. The van der Waals surface area contributed by atoms with Gasteiger partial charge in [-0.3, -0.25) is 4.79 Å². The second kappa shape index (κ2) is 5.60. The molecule has 4 rings (SSSR count). The monoisotopic (exact) mass is 324 g/mol. The highest BCUT2D eigenvalue weighted by Gasteiger charge is 2.17. The molecule has 1 aliphatic heterocycles. The standard InChI is InChI=1S/C19H16O5/c1-11-3-5-15-13(9-21-19(15)12(11)2)7-18(20)24-14-4-6-16-17(8-14)23-10-22-16/h3-6,8-9H,7,10H2,1-2H3. The molecule has 0 N–H and O–H groups in total. The third-order valence-corrected chi connectivity index (χ3v) is 4.25. The average molecular weight is 324 g/mol. The van der Waals surface area contributed by atoms with Gasteiger partial charge in [-0.05, 0) is 37.1 Å². The Balaban J connectivity index is 1.53. The summed E-state index contributed by atoms with van der Waals surface area (Å²) in [6, 6.07) is 9.07. The normalized spacial score (nSPS) is 12.6. The first-order valence-electron chi connectivity index (χ1n) is 7.68. The van der Waals surface area contributed by atoms with E-state index < -0.39 is 0 Å². The van der Waals surface area contributed by atoms with Gasteiger partial charge in [-0.15, -0.1) is 0 Å². The summed E-state index contributed by atoms with van der Waals surface area (Å²) in [5, 5.41) is 0.945. The Hall–Kier alpha value is -2.95. The van der Waals surface area contributed by atoms with E-state index in [2.05, 4.69) is 0 Å². The summed E-state index contributed by atoms with van der Waals surface area (Å²) in [5.41, 5.74) is 3.88. The highest BCUT2D eigenvalue weighted by Crippen LogP contribution is 2.35. The topological polar surface area (TPSA) is 57.9 Å². The van der Waals surface area contributed by atoms with Gasteiger partial charge in [-0.2, -0.15) is 0 Å². The van der Waals surface area contributed by atoms with Crippen LogP contribution in [0.1, 0.15) is 16.7 Å². The molecule has 0 radical (unpaired) electrons. The van der Waals surface area contributed by atoms with Gasteiger partial charge >= 0.3 is 5.97 Å². The Morgan fingerprint density at radius 3 is 2.83 bits per heavy atom. The summed E-state index contributed by atoms with van der Waals surface area (Å²) in [6.07, 6.45) is 1.77. The SMILES string of the molecule is Cc1ccc2c(CC(=O)Oc3ccc4c(c3)OCO4)coc2c1C. The number of hydrogen-bond donors (Lipinski definition) is 0. The zero-order chi connectivity index (χ0) is 16.7. The van der Waals surface area contributed by atoms with E-state index in [0.29, 0.717) is 17.2 Å². The second-order valence-corrected chi connectivity index (χ2v) is 5.81. The number of aryl methyl sites for hydroxylation is 2. The first-order valence-corrected chi connectivity index (χ1v) is 7.68. The zero-order valence-electron chi connectivity index (χ0n) is 13.4. The second-order valence-electron chi connectivity index (χ2n) is 5.81. The van der Waals surface area contributed by atoms with Gasteiger partial charge in [-0.25, -0.2) is 0 Å². The molecule has 2 heterocycles. The molecule has 0 spiro atoms. The van der Waals surface area contributed by atoms with E-state index in [-0.39, 0.29) is 19.2 Å². The van der Waals surface area contributed by atoms with E-state index in [4.69, 9.17) is 18.6 Å². The van der Waals surface area contributed by atoms with Crippen LogP contribution in [0, 0.1) is 13.8 Å². The summed E-state index contributed by atoms with van der Waals surface area (Å²) >= 11 is 0. The van der Waals surface area contributed by atoms with E-state index in [1.54, 1.807) is 24.5 Å². The third kappa shape index (κ3) is 2.48. The van der Waals surface area contributed by atoms with Gasteiger partial charge < -0.3 is 18.6 Å². The van der Waals surface area contributed by atoms with Crippen molar-refractivity contribution < 1.29 is 23.4 Å². The highest BCUT2D eigenvalue weighted by molar-refractivity contribution is 5.88. The number of benzene rings is 2. The van der Waals surface area contributed by atoms with Crippen molar-refractivity contribution in [1.29, 1.82) is 0 Å². The van der Waals surface area contributed by atoms with Crippen LogP contribution >= 0.6 is 0 Å². The predicted octanol–water partition coefficient (Wildman–Crippen LogP) is 3.93. The van der Waals surface area contributed by atoms with Crippen LogP contribution in [0.2, 0.25) is 0 Å².